The highest BCUT2D eigenvalue weighted by Crippen LogP contribution is 2.14. The highest BCUT2D eigenvalue weighted by atomic mass is 19.4. The van der Waals surface area contributed by atoms with Crippen molar-refractivity contribution in [1.29, 1.82) is 0 Å². The van der Waals surface area contributed by atoms with Gasteiger partial charge in [-0.25, -0.2) is 9.59 Å². The molecule has 0 unspecified atom stereocenters. The first-order chi connectivity index (χ1) is 9.03. The Hall–Kier alpha value is -1.79. The molecule has 0 fully saturated rings. The quantitative estimate of drug-likeness (QED) is 0.444. The minimum atomic E-state index is -4.60. The summed E-state index contributed by atoms with van der Waals surface area (Å²) in [6, 6.07) is 0. The molecule has 7 heteroatoms. The normalized spacial score (nSPS) is 10.6. The van der Waals surface area contributed by atoms with E-state index in [4.69, 9.17) is 0 Å². The number of hydrogen-bond acceptors (Lipinski definition) is 4. The fourth-order valence-corrected chi connectivity index (χ4v) is 1.10. The zero-order valence-electron chi connectivity index (χ0n) is 11.8. The molecule has 0 aliphatic rings. The molecule has 0 aromatic rings. The van der Waals surface area contributed by atoms with E-state index in [1.165, 1.54) is 0 Å². The lowest BCUT2D eigenvalue weighted by molar-refractivity contribution is -0.189. The van der Waals surface area contributed by atoms with Crippen LogP contribution in [0.15, 0.2) is 22.8 Å². The monoisotopic (exact) mass is 294 g/mol. The van der Waals surface area contributed by atoms with E-state index in [0.717, 1.165) is 5.57 Å². The number of esters is 2. The standard InChI is InChI=1S/C13H17F3O4/c1-8(2)5-10(9(3)4)12(18)19-6-11(17)20-7-13(14,15)16/h5H,6-7H2,1-4H3. The second kappa shape index (κ2) is 7.72. The average molecular weight is 294 g/mol. The van der Waals surface area contributed by atoms with Gasteiger partial charge in [-0.05, 0) is 33.8 Å². The Morgan fingerprint density at radius 3 is 2.00 bits per heavy atom. The molecule has 0 aliphatic carbocycles. The SMILES string of the molecule is CC(C)=CC(C(=O)OCC(=O)OCC(F)(F)F)=C(C)C. The van der Waals surface area contributed by atoms with Gasteiger partial charge >= 0.3 is 18.1 Å². The highest BCUT2D eigenvalue weighted by molar-refractivity contribution is 5.93. The molecular weight excluding hydrogens is 277 g/mol. The van der Waals surface area contributed by atoms with Gasteiger partial charge in [-0.2, -0.15) is 13.2 Å². The number of ether oxygens (including phenoxy) is 2. The number of carbonyl (C=O) groups excluding carboxylic acids is 2. The van der Waals surface area contributed by atoms with Crippen molar-refractivity contribution in [2.24, 2.45) is 0 Å². The van der Waals surface area contributed by atoms with Gasteiger partial charge in [0.05, 0.1) is 5.57 Å². The predicted octanol–water partition coefficient (Wildman–Crippen LogP) is 2.94. The van der Waals surface area contributed by atoms with Crippen LogP contribution in [0.2, 0.25) is 0 Å². The molecule has 4 nitrogen and oxygen atoms in total. The second-order valence-electron chi connectivity index (χ2n) is 4.49. The fourth-order valence-electron chi connectivity index (χ4n) is 1.10. The summed E-state index contributed by atoms with van der Waals surface area (Å²) in [5, 5.41) is 0. The number of halogens is 3. The topological polar surface area (TPSA) is 52.6 Å². The summed E-state index contributed by atoms with van der Waals surface area (Å²) in [7, 11) is 0. The molecule has 0 atom stereocenters. The summed E-state index contributed by atoms with van der Waals surface area (Å²) < 4.78 is 43.9. The third kappa shape index (κ3) is 8.34. The summed E-state index contributed by atoms with van der Waals surface area (Å²) in [6.07, 6.45) is -3.04. The molecule has 0 spiro atoms. The van der Waals surface area contributed by atoms with Crippen LogP contribution in [0, 0.1) is 0 Å². The summed E-state index contributed by atoms with van der Waals surface area (Å²) in [5.41, 5.74) is 1.77. The summed E-state index contributed by atoms with van der Waals surface area (Å²) in [6.45, 7) is 4.34. The van der Waals surface area contributed by atoms with Gasteiger partial charge in [0.1, 0.15) is 0 Å². The Bertz CT molecular complexity index is 425. The van der Waals surface area contributed by atoms with Gasteiger partial charge in [0.25, 0.3) is 0 Å². The maximum Gasteiger partial charge on any atom is 0.422 e. The minimum Gasteiger partial charge on any atom is -0.454 e. The maximum atomic E-state index is 11.8. The van der Waals surface area contributed by atoms with Crippen molar-refractivity contribution >= 4 is 11.9 Å². The van der Waals surface area contributed by atoms with Gasteiger partial charge in [-0.15, -0.1) is 0 Å². The maximum absolute atomic E-state index is 11.8. The van der Waals surface area contributed by atoms with E-state index in [1.54, 1.807) is 33.8 Å². The molecule has 0 aliphatic heterocycles. The van der Waals surface area contributed by atoms with Crippen LogP contribution in [-0.2, 0) is 19.1 Å². The van der Waals surface area contributed by atoms with Crippen LogP contribution >= 0.6 is 0 Å². The Labute approximate surface area is 115 Å². The molecule has 0 aromatic carbocycles. The number of hydrogen-bond donors (Lipinski definition) is 0. The molecule has 114 valence electrons. The van der Waals surface area contributed by atoms with Crippen molar-refractivity contribution in [2.75, 3.05) is 13.2 Å². The molecule has 0 heterocycles. The van der Waals surface area contributed by atoms with Crippen LogP contribution in [0.3, 0.4) is 0 Å². The molecule has 0 N–H and O–H groups in total. The Kier molecular flexibility index (Phi) is 7.02. The van der Waals surface area contributed by atoms with Gasteiger partial charge in [0.15, 0.2) is 13.2 Å². The van der Waals surface area contributed by atoms with E-state index >= 15 is 0 Å². The third-order valence-electron chi connectivity index (χ3n) is 1.91. The van der Waals surface area contributed by atoms with E-state index < -0.39 is 31.3 Å². The molecule has 0 bridgehead atoms. The smallest absolute Gasteiger partial charge is 0.422 e. The summed E-state index contributed by atoms with van der Waals surface area (Å²) in [5.74, 6) is -2.03. The lowest BCUT2D eigenvalue weighted by Gasteiger charge is -2.09. The Balaban J connectivity index is 4.45. The molecule has 20 heavy (non-hydrogen) atoms. The first-order valence-electron chi connectivity index (χ1n) is 5.75. The van der Waals surface area contributed by atoms with Crippen molar-refractivity contribution in [3.8, 4) is 0 Å². The third-order valence-corrected chi connectivity index (χ3v) is 1.91. The van der Waals surface area contributed by atoms with Crippen LogP contribution in [0.25, 0.3) is 0 Å². The van der Waals surface area contributed by atoms with Crippen molar-refractivity contribution in [3.05, 3.63) is 22.8 Å². The first kappa shape index (κ1) is 18.2. The summed E-state index contributed by atoms with van der Waals surface area (Å²) in [4.78, 5) is 22.6. The van der Waals surface area contributed by atoms with E-state index in [0.29, 0.717) is 5.57 Å². The lowest BCUT2D eigenvalue weighted by atomic mass is 10.1. The second-order valence-corrected chi connectivity index (χ2v) is 4.49. The molecule has 0 aromatic heterocycles. The molecule has 0 rings (SSSR count). The Morgan fingerprint density at radius 1 is 1.05 bits per heavy atom. The first-order valence-corrected chi connectivity index (χ1v) is 5.75. The predicted molar refractivity (Wildman–Crippen MR) is 65.8 cm³/mol. The zero-order valence-corrected chi connectivity index (χ0v) is 11.8. The molecular formula is C13H17F3O4. The number of rotatable bonds is 5. The zero-order chi connectivity index (χ0) is 15.9. The molecule has 0 saturated heterocycles. The average Bonchev–Trinajstić information content (AvgIpc) is 2.28. The summed E-state index contributed by atoms with van der Waals surface area (Å²) >= 11 is 0. The van der Waals surface area contributed by atoms with Crippen LogP contribution < -0.4 is 0 Å². The van der Waals surface area contributed by atoms with Gasteiger partial charge in [0.2, 0.25) is 0 Å². The van der Waals surface area contributed by atoms with Gasteiger partial charge in [0, 0.05) is 0 Å². The largest absolute Gasteiger partial charge is 0.454 e. The van der Waals surface area contributed by atoms with Gasteiger partial charge in [-0.1, -0.05) is 11.1 Å². The number of allylic oxidation sites excluding steroid dienone is 2. The molecule has 0 saturated carbocycles. The lowest BCUT2D eigenvalue weighted by Crippen LogP contribution is -2.24. The number of alkyl halides is 3. The van der Waals surface area contributed by atoms with Crippen LogP contribution in [-0.4, -0.2) is 31.3 Å². The van der Waals surface area contributed by atoms with Crippen molar-refractivity contribution in [2.45, 2.75) is 33.9 Å². The van der Waals surface area contributed by atoms with Crippen LogP contribution in [0.4, 0.5) is 13.2 Å². The van der Waals surface area contributed by atoms with E-state index in [9.17, 15) is 22.8 Å². The van der Waals surface area contributed by atoms with Crippen molar-refractivity contribution < 1.29 is 32.2 Å². The van der Waals surface area contributed by atoms with Crippen molar-refractivity contribution in [3.63, 3.8) is 0 Å². The van der Waals surface area contributed by atoms with E-state index in [-0.39, 0.29) is 5.57 Å². The van der Waals surface area contributed by atoms with E-state index in [2.05, 4.69) is 9.47 Å². The van der Waals surface area contributed by atoms with E-state index in [1.807, 2.05) is 0 Å². The van der Waals surface area contributed by atoms with Crippen LogP contribution in [0.1, 0.15) is 27.7 Å². The Morgan fingerprint density at radius 2 is 1.60 bits per heavy atom. The molecule has 0 amide bonds. The van der Waals surface area contributed by atoms with Crippen LogP contribution in [0.5, 0.6) is 0 Å². The molecule has 0 radical (unpaired) electrons. The van der Waals surface area contributed by atoms with Crippen molar-refractivity contribution in [1.82, 2.24) is 0 Å². The van der Waals surface area contributed by atoms with Gasteiger partial charge in [-0.3, -0.25) is 0 Å². The highest BCUT2D eigenvalue weighted by Gasteiger charge is 2.29. The fraction of sp³-hybridized carbons (Fsp3) is 0.538. The minimum absolute atomic E-state index is 0.258. The van der Waals surface area contributed by atoms with Gasteiger partial charge < -0.3 is 9.47 Å². The number of carbonyl (C=O) groups is 2.